The third-order valence-electron chi connectivity index (χ3n) is 4.63. The van der Waals surface area contributed by atoms with Gasteiger partial charge in [0, 0.05) is 25.8 Å². The van der Waals surface area contributed by atoms with Gasteiger partial charge in [0.2, 0.25) is 5.88 Å². The second-order valence-electron chi connectivity index (χ2n) is 6.58. The highest BCUT2D eigenvalue weighted by molar-refractivity contribution is 7.94. The third-order valence-corrected chi connectivity index (χ3v) is 6.56. The van der Waals surface area contributed by atoms with E-state index in [1.165, 1.54) is 20.4 Å². The lowest BCUT2D eigenvalue weighted by Gasteiger charge is -2.21. The van der Waals surface area contributed by atoms with Crippen molar-refractivity contribution >= 4 is 27.5 Å². The zero-order valence-electron chi connectivity index (χ0n) is 15.1. The van der Waals surface area contributed by atoms with Gasteiger partial charge in [0.1, 0.15) is 5.56 Å². The van der Waals surface area contributed by atoms with Crippen LogP contribution in [0.5, 0.6) is 5.88 Å². The number of hydrogen-bond acceptors (Lipinski definition) is 5. The van der Waals surface area contributed by atoms with Crippen molar-refractivity contribution in [3.63, 3.8) is 0 Å². The number of benzene rings is 1. The Morgan fingerprint density at radius 2 is 2.00 bits per heavy atom. The van der Waals surface area contributed by atoms with E-state index < -0.39 is 10.2 Å². The topological polar surface area (TPSA) is 96.8 Å². The molecule has 0 spiro atoms. The third kappa shape index (κ3) is 2.99. The Hall–Kier alpha value is -2.75. The molecule has 144 valence electrons. The summed E-state index contributed by atoms with van der Waals surface area (Å²) in [6.45, 7) is 0.319. The Morgan fingerprint density at radius 1 is 1.30 bits per heavy atom. The van der Waals surface area contributed by atoms with Gasteiger partial charge in [-0.2, -0.15) is 8.42 Å². The van der Waals surface area contributed by atoms with Crippen molar-refractivity contribution in [1.82, 2.24) is 15.1 Å². The lowest BCUT2D eigenvalue weighted by molar-refractivity contribution is 0.0951. The van der Waals surface area contributed by atoms with Gasteiger partial charge in [0.05, 0.1) is 25.0 Å². The van der Waals surface area contributed by atoms with Gasteiger partial charge in [-0.1, -0.05) is 12.1 Å². The minimum Gasteiger partial charge on any atom is -0.479 e. The Bertz CT molecular complexity index is 983. The molecule has 1 aliphatic carbocycles. The largest absolute Gasteiger partial charge is 0.479 e. The number of nitrogens with one attached hydrogen (secondary N) is 1. The lowest BCUT2D eigenvalue weighted by atomic mass is 10.2. The Balaban J connectivity index is 1.49. The maximum atomic E-state index is 13.0. The Morgan fingerprint density at radius 3 is 2.67 bits per heavy atom. The number of carbonyl (C=O) groups is 1. The number of carbonyl (C=O) groups excluding carboxylic acids is 1. The summed E-state index contributed by atoms with van der Waals surface area (Å²) in [5.41, 5.74) is 1.67. The lowest BCUT2D eigenvalue weighted by Crippen LogP contribution is -2.42. The predicted octanol–water partition coefficient (Wildman–Crippen LogP) is 0.892. The Labute approximate surface area is 157 Å². The molecule has 4 rings (SSSR count). The van der Waals surface area contributed by atoms with E-state index in [1.807, 2.05) is 18.2 Å². The molecule has 1 saturated carbocycles. The van der Waals surface area contributed by atoms with E-state index in [9.17, 15) is 13.2 Å². The van der Waals surface area contributed by atoms with Crippen LogP contribution in [0.25, 0.3) is 0 Å². The second kappa shape index (κ2) is 6.45. The molecule has 1 aliphatic heterocycles. The van der Waals surface area contributed by atoms with Crippen LogP contribution in [-0.2, 0) is 17.3 Å². The number of para-hydroxylation sites is 2. The molecule has 27 heavy (non-hydrogen) atoms. The molecule has 1 aromatic carbocycles. The summed E-state index contributed by atoms with van der Waals surface area (Å²) >= 11 is 0. The van der Waals surface area contributed by atoms with E-state index in [0.29, 0.717) is 16.9 Å². The molecule has 0 bridgehead atoms. The van der Waals surface area contributed by atoms with Gasteiger partial charge >= 0.3 is 10.2 Å². The smallest absolute Gasteiger partial charge is 0.326 e. The normalized spacial score (nSPS) is 17.7. The SMILES string of the molecule is COc1nn(C)cc1C(=O)NCCN1c2ccccc2N(C2CC2)S1(=O)=O. The van der Waals surface area contributed by atoms with Crippen LogP contribution in [-0.4, -0.2) is 50.3 Å². The molecule has 10 heteroatoms. The Kier molecular flexibility index (Phi) is 4.22. The zero-order chi connectivity index (χ0) is 19.2. The van der Waals surface area contributed by atoms with Crippen LogP contribution in [0.2, 0.25) is 0 Å². The summed E-state index contributed by atoms with van der Waals surface area (Å²) in [5.74, 6) is -0.127. The summed E-state index contributed by atoms with van der Waals surface area (Å²) < 4.78 is 35.4. The molecule has 0 atom stereocenters. The number of aryl methyl sites for hydroxylation is 1. The molecular weight excluding hydrogens is 370 g/mol. The first kappa shape index (κ1) is 17.7. The van der Waals surface area contributed by atoms with E-state index >= 15 is 0 Å². The highest BCUT2D eigenvalue weighted by atomic mass is 32.2. The first-order valence-electron chi connectivity index (χ1n) is 8.70. The molecule has 1 aromatic heterocycles. The maximum absolute atomic E-state index is 13.0. The van der Waals surface area contributed by atoms with Crippen molar-refractivity contribution in [2.24, 2.45) is 7.05 Å². The average molecular weight is 391 g/mol. The summed E-state index contributed by atoms with van der Waals surface area (Å²) in [7, 11) is -0.483. The van der Waals surface area contributed by atoms with Gasteiger partial charge in [0.15, 0.2) is 0 Å². The van der Waals surface area contributed by atoms with Gasteiger partial charge in [-0.25, -0.2) is 8.61 Å². The van der Waals surface area contributed by atoms with E-state index in [0.717, 1.165) is 12.8 Å². The molecule has 0 saturated heterocycles. The quantitative estimate of drug-likeness (QED) is 0.789. The molecule has 2 aromatic rings. The van der Waals surface area contributed by atoms with Crippen molar-refractivity contribution in [1.29, 1.82) is 0 Å². The fourth-order valence-electron chi connectivity index (χ4n) is 3.29. The van der Waals surface area contributed by atoms with Gasteiger partial charge in [-0.05, 0) is 25.0 Å². The number of rotatable bonds is 6. The molecule has 2 heterocycles. The van der Waals surface area contributed by atoms with E-state index in [1.54, 1.807) is 19.3 Å². The van der Waals surface area contributed by atoms with Crippen LogP contribution in [0, 0.1) is 0 Å². The molecule has 0 unspecified atom stereocenters. The van der Waals surface area contributed by atoms with Crippen LogP contribution in [0.15, 0.2) is 30.5 Å². The van der Waals surface area contributed by atoms with E-state index in [-0.39, 0.29) is 30.9 Å². The van der Waals surface area contributed by atoms with Crippen molar-refractivity contribution in [3.8, 4) is 5.88 Å². The fourth-order valence-corrected chi connectivity index (χ4v) is 5.21. The van der Waals surface area contributed by atoms with Gasteiger partial charge in [-0.3, -0.25) is 9.48 Å². The molecular formula is C17H21N5O4S. The minimum absolute atomic E-state index is 0.0374. The molecule has 1 amide bonds. The maximum Gasteiger partial charge on any atom is 0.326 e. The predicted molar refractivity (Wildman–Crippen MR) is 100 cm³/mol. The van der Waals surface area contributed by atoms with Crippen molar-refractivity contribution in [2.75, 3.05) is 28.8 Å². The van der Waals surface area contributed by atoms with Crippen LogP contribution >= 0.6 is 0 Å². The summed E-state index contributed by atoms with van der Waals surface area (Å²) in [4.78, 5) is 12.4. The monoisotopic (exact) mass is 391 g/mol. The number of hydrogen-bond donors (Lipinski definition) is 1. The van der Waals surface area contributed by atoms with Crippen molar-refractivity contribution in [2.45, 2.75) is 18.9 Å². The molecule has 9 nitrogen and oxygen atoms in total. The molecule has 0 radical (unpaired) electrons. The van der Waals surface area contributed by atoms with E-state index in [4.69, 9.17) is 4.74 Å². The molecule has 1 N–H and O–H groups in total. The average Bonchev–Trinajstić information content (AvgIpc) is 3.34. The number of fused-ring (bicyclic) bond motifs is 1. The van der Waals surface area contributed by atoms with Gasteiger partial charge < -0.3 is 10.1 Å². The highest BCUT2D eigenvalue weighted by Crippen LogP contribution is 2.46. The summed E-state index contributed by atoms with van der Waals surface area (Å²) in [6.07, 6.45) is 3.31. The second-order valence-corrected chi connectivity index (χ2v) is 8.31. The van der Waals surface area contributed by atoms with Gasteiger partial charge in [0.25, 0.3) is 5.91 Å². The van der Waals surface area contributed by atoms with Crippen LogP contribution in [0.4, 0.5) is 11.4 Å². The van der Waals surface area contributed by atoms with E-state index in [2.05, 4.69) is 10.4 Å². The van der Waals surface area contributed by atoms with Crippen LogP contribution in [0.1, 0.15) is 23.2 Å². The number of anilines is 2. The number of aromatic nitrogens is 2. The highest BCUT2D eigenvalue weighted by Gasteiger charge is 2.47. The summed E-state index contributed by atoms with van der Waals surface area (Å²) in [5, 5.41) is 6.79. The number of methoxy groups -OCH3 is 1. The van der Waals surface area contributed by atoms with Crippen LogP contribution < -0.4 is 18.7 Å². The standard InChI is InChI=1S/C17H21N5O4S/c1-20-11-13(17(19-20)26-2)16(23)18-9-10-21-14-5-3-4-6-15(14)22(12-7-8-12)27(21,24)25/h3-6,11-12H,7-10H2,1-2H3,(H,18,23). The first-order valence-corrected chi connectivity index (χ1v) is 10.1. The molecule has 1 fully saturated rings. The van der Waals surface area contributed by atoms with Crippen LogP contribution in [0.3, 0.4) is 0 Å². The zero-order valence-corrected chi connectivity index (χ0v) is 15.9. The van der Waals surface area contributed by atoms with Crippen molar-refractivity contribution in [3.05, 3.63) is 36.0 Å². The number of nitrogens with zero attached hydrogens (tertiary/aromatic N) is 4. The van der Waals surface area contributed by atoms with Gasteiger partial charge in [-0.15, -0.1) is 5.10 Å². The fraction of sp³-hybridized carbons (Fsp3) is 0.412. The molecule has 2 aliphatic rings. The minimum atomic E-state index is -3.62. The summed E-state index contributed by atoms with van der Waals surface area (Å²) in [6, 6.07) is 7.31. The number of amides is 1. The first-order chi connectivity index (χ1) is 12.9. The van der Waals surface area contributed by atoms with Crippen molar-refractivity contribution < 1.29 is 17.9 Å². The number of ether oxygens (including phenoxy) is 1.